The van der Waals surface area contributed by atoms with Crippen molar-refractivity contribution in [2.24, 2.45) is 0 Å². The number of rotatable bonds is 3. The minimum atomic E-state index is 0. The summed E-state index contributed by atoms with van der Waals surface area (Å²) in [5, 5.41) is 3.37. The largest absolute Gasteiger partial charge is 0.496 e. The first kappa shape index (κ1) is 14.8. The van der Waals surface area contributed by atoms with Crippen molar-refractivity contribution in [3.8, 4) is 11.5 Å². The van der Waals surface area contributed by atoms with Gasteiger partial charge in [0, 0.05) is 18.0 Å². The van der Waals surface area contributed by atoms with Gasteiger partial charge in [0.1, 0.15) is 11.5 Å². The molecular formula is C12H17Br2NO2. The Bertz CT molecular complexity index is 379. The smallest absolute Gasteiger partial charge is 0.133 e. The van der Waals surface area contributed by atoms with Crippen molar-refractivity contribution in [1.29, 1.82) is 0 Å². The van der Waals surface area contributed by atoms with Crippen LogP contribution >= 0.6 is 32.9 Å². The van der Waals surface area contributed by atoms with E-state index in [1.807, 2.05) is 6.07 Å². The lowest BCUT2D eigenvalue weighted by molar-refractivity contribution is 0.394. The first-order valence-corrected chi connectivity index (χ1v) is 6.17. The van der Waals surface area contributed by atoms with Gasteiger partial charge in [0.2, 0.25) is 0 Å². The second-order valence-electron chi connectivity index (χ2n) is 3.92. The first-order valence-electron chi connectivity index (χ1n) is 5.38. The van der Waals surface area contributed by atoms with Crippen molar-refractivity contribution >= 4 is 32.9 Å². The summed E-state index contributed by atoms with van der Waals surface area (Å²) in [4.78, 5) is 0. The topological polar surface area (TPSA) is 30.5 Å². The lowest BCUT2D eigenvalue weighted by Crippen LogP contribution is -2.09. The number of ether oxygens (including phenoxy) is 2. The monoisotopic (exact) mass is 365 g/mol. The van der Waals surface area contributed by atoms with E-state index in [0.717, 1.165) is 35.5 Å². The number of hydrogen-bond donors (Lipinski definition) is 1. The normalized spacial score (nSPS) is 18.6. The second kappa shape index (κ2) is 6.61. The van der Waals surface area contributed by atoms with E-state index in [0.29, 0.717) is 5.92 Å². The highest BCUT2D eigenvalue weighted by Crippen LogP contribution is 2.38. The van der Waals surface area contributed by atoms with Gasteiger partial charge >= 0.3 is 0 Å². The molecular weight excluding hydrogens is 350 g/mol. The molecule has 1 saturated heterocycles. The third-order valence-electron chi connectivity index (χ3n) is 3.00. The van der Waals surface area contributed by atoms with Crippen LogP contribution in [0.5, 0.6) is 11.5 Å². The summed E-state index contributed by atoms with van der Waals surface area (Å²) < 4.78 is 11.7. The molecule has 2 rings (SSSR count). The Labute approximate surface area is 121 Å². The van der Waals surface area contributed by atoms with Gasteiger partial charge < -0.3 is 14.8 Å². The van der Waals surface area contributed by atoms with Crippen LogP contribution in [0.25, 0.3) is 0 Å². The van der Waals surface area contributed by atoms with Gasteiger partial charge in [-0.25, -0.2) is 0 Å². The molecule has 1 aromatic rings. The summed E-state index contributed by atoms with van der Waals surface area (Å²) in [6, 6.07) is 4.05. The lowest BCUT2D eigenvalue weighted by Gasteiger charge is -2.16. The van der Waals surface area contributed by atoms with Crippen molar-refractivity contribution in [3.05, 3.63) is 22.2 Å². The molecule has 0 radical (unpaired) electrons. The molecule has 0 bridgehead atoms. The lowest BCUT2D eigenvalue weighted by atomic mass is 9.97. The Kier molecular flexibility index (Phi) is 5.76. The third-order valence-corrected chi connectivity index (χ3v) is 3.62. The highest BCUT2D eigenvalue weighted by atomic mass is 79.9. The molecule has 0 spiro atoms. The fourth-order valence-corrected chi connectivity index (χ4v) is 2.61. The molecule has 1 unspecified atom stereocenters. The Morgan fingerprint density at radius 3 is 2.47 bits per heavy atom. The molecule has 1 aromatic carbocycles. The maximum Gasteiger partial charge on any atom is 0.133 e. The number of halogens is 2. The van der Waals surface area contributed by atoms with E-state index < -0.39 is 0 Å². The fourth-order valence-electron chi connectivity index (χ4n) is 2.12. The molecule has 0 amide bonds. The van der Waals surface area contributed by atoms with Gasteiger partial charge in [-0.1, -0.05) is 0 Å². The molecule has 96 valence electrons. The van der Waals surface area contributed by atoms with Crippen LogP contribution in [0.3, 0.4) is 0 Å². The molecule has 0 aliphatic carbocycles. The fraction of sp³-hybridized carbons (Fsp3) is 0.500. The van der Waals surface area contributed by atoms with Gasteiger partial charge in [0.25, 0.3) is 0 Å². The van der Waals surface area contributed by atoms with Crippen LogP contribution in [-0.4, -0.2) is 27.3 Å². The summed E-state index contributed by atoms with van der Waals surface area (Å²) in [7, 11) is 3.39. The van der Waals surface area contributed by atoms with Crippen LogP contribution < -0.4 is 14.8 Å². The summed E-state index contributed by atoms with van der Waals surface area (Å²) >= 11 is 3.47. The van der Waals surface area contributed by atoms with Crippen molar-refractivity contribution in [2.45, 2.75) is 12.3 Å². The summed E-state index contributed by atoms with van der Waals surface area (Å²) in [6.45, 7) is 2.09. The number of benzene rings is 1. The van der Waals surface area contributed by atoms with E-state index in [1.54, 1.807) is 14.2 Å². The predicted octanol–water partition coefficient (Wildman–Crippen LogP) is 3.12. The molecule has 1 fully saturated rings. The molecule has 1 aliphatic heterocycles. The molecule has 1 atom stereocenters. The number of nitrogens with one attached hydrogen (secondary N) is 1. The van der Waals surface area contributed by atoms with E-state index in [9.17, 15) is 0 Å². The number of methoxy groups -OCH3 is 2. The molecule has 1 N–H and O–H groups in total. The zero-order chi connectivity index (χ0) is 11.5. The summed E-state index contributed by atoms with van der Waals surface area (Å²) in [6.07, 6.45) is 1.15. The SMILES string of the molecule is Br.COc1cc(C2CCNC2)c(OC)cc1Br. The van der Waals surface area contributed by atoms with Crippen molar-refractivity contribution in [1.82, 2.24) is 5.32 Å². The van der Waals surface area contributed by atoms with Gasteiger partial charge in [0.05, 0.1) is 18.7 Å². The van der Waals surface area contributed by atoms with Crippen LogP contribution in [0.4, 0.5) is 0 Å². The zero-order valence-electron chi connectivity index (χ0n) is 9.96. The van der Waals surface area contributed by atoms with Crippen LogP contribution in [0.1, 0.15) is 17.9 Å². The van der Waals surface area contributed by atoms with Gasteiger partial charge in [0.15, 0.2) is 0 Å². The Morgan fingerprint density at radius 2 is 1.94 bits per heavy atom. The van der Waals surface area contributed by atoms with Crippen molar-refractivity contribution in [2.75, 3.05) is 27.3 Å². The molecule has 17 heavy (non-hydrogen) atoms. The molecule has 0 aromatic heterocycles. The van der Waals surface area contributed by atoms with Crippen LogP contribution in [-0.2, 0) is 0 Å². The van der Waals surface area contributed by atoms with Crippen LogP contribution in [0, 0.1) is 0 Å². The van der Waals surface area contributed by atoms with Gasteiger partial charge in [-0.3, -0.25) is 0 Å². The summed E-state index contributed by atoms with van der Waals surface area (Å²) in [5.74, 6) is 2.32. The molecule has 5 heteroatoms. The van der Waals surface area contributed by atoms with E-state index >= 15 is 0 Å². The van der Waals surface area contributed by atoms with E-state index in [1.165, 1.54) is 5.56 Å². The van der Waals surface area contributed by atoms with Gasteiger partial charge in [-0.2, -0.15) is 0 Å². The van der Waals surface area contributed by atoms with E-state index in [-0.39, 0.29) is 17.0 Å². The third kappa shape index (κ3) is 3.14. The minimum Gasteiger partial charge on any atom is -0.496 e. The minimum absolute atomic E-state index is 0. The molecule has 0 saturated carbocycles. The zero-order valence-corrected chi connectivity index (χ0v) is 13.3. The predicted molar refractivity (Wildman–Crippen MR) is 77.8 cm³/mol. The van der Waals surface area contributed by atoms with Gasteiger partial charge in [-0.05, 0) is 41.0 Å². The maximum atomic E-state index is 5.42. The standard InChI is InChI=1S/C12H16BrNO2.BrH/c1-15-11-6-10(13)12(16-2)5-9(11)8-3-4-14-7-8;/h5-6,8,14H,3-4,7H2,1-2H3;1H. The van der Waals surface area contributed by atoms with Crippen LogP contribution in [0.15, 0.2) is 16.6 Å². The Morgan fingerprint density at radius 1 is 1.24 bits per heavy atom. The van der Waals surface area contributed by atoms with E-state index in [2.05, 4.69) is 27.3 Å². The van der Waals surface area contributed by atoms with Crippen LogP contribution in [0.2, 0.25) is 0 Å². The Hall–Kier alpha value is -0.260. The second-order valence-corrected chi connectivity index (χ2v) is 4.77. The van der Waals surface area contributed by atoms with Crippen molar-refractivity contribution in [3.63, 3.8) is 0 Å². The van der Waals surface area contributed by atoms with Gasteiger partial charge in [-0.15, -0.1) is 17.0 Å². The molecule has 1 aliphatic rings. The van der Waals surface area contributed by atoms with E-state index in [4.69, 9.17) is 9.47 Å². The maximum absolute atomic E-state index is 5.42. The highest BCUT2D eigenvalue weighted by Gasteiger charge is 2.21. The molecule has 1 heterocycles. The highest BCUT2D eigenvalue weighted by molar-refractivity contribution is 9.10. The average molecular weight is 367 g/mol. The molecule has 3 nitrogen and oxygen atoms in total. The number of hydrogen-bond acceptors (Lipinski definition) is 3. The summed E-state index contributed by atoms with van der Waals surface area (Å²) in [5.41, 5.74) is 1.23. The van der Waals surface area contributed by atoms with Crippen molar-refractivity contribution < 1.29 is 9.47 Å². The first-order chi connectivity index (χ1) is 7.76. The quantitative estimate of drug-likeness (QED) is 0.891. The Balaban J connectivity index is 0.00000144. The average Bonchev–Trinajstić information content (AvgIpc) is 2.82.